The van der Waals surface area contributed by atoms with Gasteiger partial charge in [-0.1, -0.05) is 11.8 Å². The molecule has 0 spiro atoms. The molecule has 0 radical (unpaired) electrons. The molecule has 2 rings (SSSR count). The summed E-state index contributed by atoms with van der Waals surface area (Å²) < 4.78 is 0. The van der Waals surface area contributed by atoms with Crippen LogP contribution in [0.3, 0.4) is 0 Å². The number of nitrogens with zero attached hydrogens (tertiary/aromatic N) is 1. The summed E-state index contributed by atoms with van der Waals surface area (Å²) in [5.41, 5.74) is 0. The van der Waals surface area contributed by atoms with Crippen LogP contribution in [0.5, 0.6) is 0 Å². The largest absolute Gasteiger partial charge is 0.321 e. The van der Waals surface area contributed by atoms with Gasteiger partial charge in [0.2, 0.25) is 11.0 Å². The molecule has 0 aliphatic carbocycles. The minimum Gasteiger partial charge on any atom is -0.321 e. The van der Waals surface area contributed by atoms with Crippen LogP contribution in [0.25, 0.3) is 0 Å². The Kier molecular flexibility index (Phi) is 1.85. The first kappa shape index (κ1) is 7.49. The smallest absolute Gasteiger partial charge is 0.234 e. The van der Waals surface area contributed by atoms with E-state index < -0.39 is 0 Å². The molecule has 0 aromatic carbocycles. The highest BCUT2D eigenvalue weighted by molar-refractivity contribution is 8.14. The lowest BCUT2D eigenvalue weighted by atomic mass is 10.3. The van der Waals surface area contributed by atoms with Crippen LogP contribution in [0.2, 0.25) is 0 Å². The van der Waals surface area contributed by atoms with Crippen LogP contribution >= 0.6 is 23.5 Å². The highest BCUT2D eigenvalue weighted by Crippen LogP contribution is 2.29. The lowest BCUT2D eigenvalue weighted by Gasteiger charge is -2.26. The molecular formula is C6H7NO2S2. The minimum absolute atomic E-state index is 0.115. The highest BCUT2D eigenvalue weighted by Gasteiger charge is 2.38. The zero-order chi connectivity index (χ0) is 7.84. The Morgan fingerprint density at radius 1 is 1.45 bits per heavy atom. The average Bonchev–Trinajstić information content (AvgIpc) is 2.45. The standard InChI is InChI=1S/C6H7NO2S2/c8-5-2-11-6(9)4-1-10-3-7(4)5/h4H,1-3H2. The van der Waals surface area contributed by atoms with Crippen LogP contribution in [0.1, 0.15) is 0 Å². The van der Waals surface area contributed by atoms with Gasteiger partial charge in [0.05, 0.1) is 11.6 Å². The van der Waals surface area contributed by atoms with Gasteiger partial charge in [0, 0.05) is 5.75 Å². The van der Waals surface area contributed by atoms with E-state index >= 15 is 0 Å². The number of hydrogen-bond acceptors (Lipinski definition) is 4. The summed E-state index contributed by atoms with van der Waals surface area (Å²) in [6.07, 6.45) is 0. The van der Waals surface area contributed by atoms with Crippen molar-refractivity contribution in [3.63, 3.8) is 0 Å². The van der Waals surface area contributed by atoms with E-state index in [2.05, 4.69) is 0 Å². The van der Waals surface area contributed by atoms with Gasteiger partial charge in [-0.05, 0) is 0 Å². The molecule has 2 aliphatic rings. The molecule has 1 atom stereocenters. The van der Waals surface area contributed by atoms with Gasteiger partial charge < -0.3 is 4.90 Å². The summed E-state index contributed by atoms with van der Waals surface area (Å²) in [7, 11) is 0. The van der Waals surface area contributed by atoms with E-state index in [-0.39, 0.29) is 17.1 Å². The summed E-state index contributed by atoms with van der Waals surface area (Å²) in [6, 6.07) is -0.119. The van der Waals surface area contributed by atoms with Crippen LogP contribution in [0.4, 0.5) is 0 Å². The fourth-order valence-electron chi connectivity index (χ4n) is 1.20. The topological polar surface area (TPSA) is 37.4 Å². The second-order valence-corrected chi connectivity index (χ2v) is 4.47. The van der Waals surface area contributed by atoms with E-state index in [1.54, 1.807) is 16.7 Å². The lowest BCUT2D eigenvalue weighted by Crippen LogP contribution is -2.45. The van der Waals surface area contributed by atoms with E-state index in [4.69, 9.17) is 0 Å². The average molecular weight is 189 g/mol. The summed E-state index contributed by atoms with van der Waals surface area (Å²) in [5.74, 6) is 1.95. The maximum Gasteiger partial charge on any atom is 0.234 e. The van der Waals surface area contributed by atoms with Gasteiger partial charge in [0.15, 0.2) is 0 Å². The second kappa shape index (κ2) is 2.71. The Bertz CT molecular complexity index is 197. The van der Waals surface area contributed by atoms with Crippen molar-refractivity contribution in [2.45, 2.75) is 6.04 Å². The molecular weight excluding hydrogens is 182 g/mol. The first-order valence-corrected chi connectivity index (χ1v) is 5.47. The Labute approximate surface area is 72.9 Å². The fourth-order valence-corrected chi connectivity index (χ4v) is 3.32. The van der Waals surface area contributed by atoms with Gasteiger partial charge in [-0.2, -0.15) is 0 Å². The van der Waals surface area contributed by atoms with Crippen molar-refractivity contribution < 1.29 is 9.59 Å². The molecule has 2 fully saturated rings. The van der Waals surface area contributed by atoms with Crippen molar-refractivity contribution in [2.75, 3.05) is 17.4 Å². The van der Waals surface area contributed by atoms with Gasteiger partial charge in [-0.15, -0.1) is 11.8 Å². The summed E-state index contributed by atoms with van der Waals surface area (Å²) >= 11 is 2.82. The maximum atomic E-state index is 11.2. The monoisotopic (exact) mass is 189 g/mol. The predicted octanol–water partition coefficient (Wildman–Crippen LogP) is 0.161. The van der Waals surface area contributed by atoms with Crippen LogP contribution < -0.4 is 0 Å². The van der Waals surface area contributed by atoms with E-state index in [9.17, 15) is 9.59 Å². The molecule has 0 N–H and O–H groups in total. The third-order valence-corrected chi connectivity index (χ3v) is 3.77. The normalized spacial score (nSPS) is 30.9. The van der Waals surface area contributed by atoms with Crippen LogP contribution in [0.15, 0.2) is 0 Å². The summed E-state index contributed by atoms with van der Waals surface area (Å²) in [6.45, 7) is 0. The zero-order valence-corrected chi connectivity index (χ0v) is 7.41. The molecule has 3 nitrogen and oxygen atoms in total. The fraction of sp³-hybridized carbons (Fsp3) is 0.667. The summed E-state index contributed by atoms with van der Waals surface area (Å²) in [5, 5.41) is 0.162. The molecule has 0 bridgehead atoms. The number of amides is 1. The SMILES string of the molecule is O=C1SCC(=O)N2CSCC12. The Balaban J connectivity index is 2.20. The predicted molar refractivity (Wildman–Crippen MR) is 45.4 cm³/mol. The molecule has 2 saturated heterocycles. The van der Waals surface area contributed by atoms with Gasteiger partial charge in [-0.25, -0.2) is 0 Å². The van der Waals surface area contributed by atoms with Gasteiger partial charge in [-0.3, -0.25) is 9.59 Å². The molecule has 60 valence electrons. The molecule has 1 unspecified atom stereocenters. The van der Waals surface area contributed by atoms with Crippen molar-refractivity contribution in [3.05, 3.63) is 0 Å². The number of fused-ring (bicyclic) bond motifs is 1. The molecule has 1 amide bonds. The van der Waals surface area contributed by atoms with E-state index in [0.717, 1.165) is 17.5 Å². The zero-order valence-electron chi connectivity index (χ0n) is 5.78. The first-order valence-electron chi connectivity index (χ1n) is 3.33. The van der Waals surface area contributed by atoms with Crippen molar-refractivity contribution in [1.29, 1.82) is 0 Å². The number of carbonyl (C=O) groups is 2. The lowest BCUT2D eigenvalue weighted by molar-refractivity contribution is -0.133. The molecule has 11 heavy (non-hydrogen) atoms. The van der Waals surface area contributed by atoms with Crippen molar-refractivity contribution in [3.8, 4) is 0 Å². The van der Waals surface area contributed by atoms with Crippen molar-refractivity contribution in [2.24, 2.45) is 0 Å². The van der Waals surface area contributed by atoms with E-state index in [0.29, 0.717) is 11.6 Å². The van der Waals surface area contributed by atoms with Gasteiger partial charge in [0.25, 0.3) is 0 Å². The third-order valence-electron chi connectivity index (χ3n) is 1.81. The van der Waals surface area contributed by atoms with E-state index in [1.165, 1.54) is 0 Å². The van der Waals surface area contributed by atoms with Crippen molar-refractivity contribution in [1.82, 2.24) is 4.90 Å². The van der Waals surface area contributed by atoms with Crippen molar-refractivity contribution >= 4 is 34.5 Å². The third kappa shape index (κ3) is 1.16. The number of thioether (sulfide) groups is 2. The summed E-state index contributed by atoms with van der Waals surface area (Å²) in [4.78, 5) is 24.0. The quantitative estimate of drug-likeness (QED) is 0.544. The maximum absolute atomic E-state index is 11.2. The number of hydrogen-bond donors (Lipinski definition) is 0. The molecule has 0 aromatic heterocycles. The van der Waals surface area contributed by atoms with Crippen LogP contribution in [-0.2, 0) is 9.59 Å². The first-order chi connectivity index (χ1) is 5.29. The number of rotatable bonds is 0. The molecule has 0 aromatic rings. The highest BCUT2D eigenvalue weighted by atomic mass is 32.2. The van der Waals surface area contributed by atoms with Gasteiger partial charge in [0.1, 0.15) is 6.04 Å². The molecule has 0 saturated carbocycles. The second-order valence-electron chi connectivity index (χ2n) is 2.49. The Morgan fingerprint density at radius 3 is 3.00 bits per heavy atom. The minimum atomic E-state index is -0.119. The van der Waals surface area contributed by atoms with Crippen LogP contribution in [-0.4, -0.2) is 39.3 Å². The van der Waals surface area contributed by atoms with Crippen LogP contribution in [0, 0.1) is 0 Å². The Hall–Kier alpha value is -0.160. The molecule has 2 heterocycles. The van der Waals surface area contributed by atoms with Gasteiger partial charge >= 0.3 is 0 Å². The molecule has 5 heteroatoms. The number of carbonyl (C=O) groups excluding carboxylic acids is 2. The molecule has 2 aliphatic heterocycles. The Morgan fingerprint density at radius 2 is 2.27 bits per heavy atom. The van der Waals surface area contributed by atoms with E-state index in [1.807, 2.05) is 0 Å².